The van der Waals surface area contributed by atoms with E-state index in [-0.39, 0.29) is 33.7 Å². The Balaban J connectivity index is 1.34. The number of anilines is 2. The highest BCUT2D eigenvalue weighted by Crippen LogP contribution is 2.33. The summed E-state index contributed by atoms with van der Waals surface area (Å²) >= 11 is 0. The number of carbonyl (C=O) groups is 4. The molecule has 3 N–H and O–H groups in total. The van der Waals surface area contributed by atoms with Gasteiger partial charge < -0.3 is 15.8 Å². The fourth-order valence-corrected chi connectivity index (χ4v) is 4.12. The summed E-state index contributed by atoms with van der Waals surface area (Å²) in [4.78, 5) is 50.9. The number of ketones is 2. The number of hydrogen-bond acceptors (Lipinski definition) is 6. The molecule has 34 heavy (non-hydrogen) atoms. The van der Waals surface area contributed by atoms with Crippen molar-refractivity contribution in [3.8, 4) is 0 Å². The molecule has 0 bridgehead atoms. The van der Waals surface area contributed by atoms with Gasteiger partial charge in [-0.25, -0.2) is 4.79 Å². The molecule has 0 atom stereocenters. The zero-order valence-electron chi connectivity index (χ0n) is 17.8. The summed E-state index contributed by atoms with van der Waals surface area (Å²) in [5.41, 5.74) is 7.11. The molecule has 0 aromatic heterocycles. The van der Waals surface area contributed by atoms with Crippen molar-refractivity contribution in [1.82, 2.24) is 0 Å². The molecule has 1 amide bonds. The van der Waals surface area contributed by atoms with Gasteiger partial charge in [0, 0.05) is 27.8 Å². The fourth-order valence-electron chi connectivity index (χ4n) is 4.12. The maximum atomic E-state index is 13.0. The lowest BCUT2D eigenvalue weighted by atomic mass is 9.82. The van der Waals surface area contributed by atoms with Crippen LogP contribution in [-0.2, 0) is 9.53 Å². The van der Waals surface area contributed by atoms with Crippen molar-refractivity contribution in [3.05, 3.63) is 107 Å². The van der Waals surface area contributed by atoms with Gasteiger partial charge in [-0.3, -0.25) is 14.4 Å². The van der Waals surface area contributed by atoms with Gasteiger partial charge in [0.25, 0.3) is 5.91 Å². The Bertz CT molecular complexity index is 1520. The molecule has 1 aliphatic carbocycles. The highest BCUT2D eigenvalue weighted by molar-refractivity contribution is 6.30. The minimum absolute atomic E-state index is 0.0293. The third-order valence-corrected chi connectivity index (χ3v) is 5.75. The smallest absolute Gasteiger partial charge is 0.340 e. The van der Waals surface area contributed by atoms with E-state index < -0.39 is 24.3 Å². The zero-order valence-corrected chi connectivity index (χ0v) is 17.8. The summed E-state index contributed by atoms with van der Waals surface area (Å²) < 4.78 is 5.15. The highest BCUT2D eigenvalue weighted by atomic mass is 16.5. The van der Waals surface area contributed by atoms with E-state index in [1.54, 1.807) is 30.3 Å². The highest BCUT2D eigenvalue weighted by Gasteiger charge is 2.33. The molecule has 0 radical (unpaired) electrons. The number of benzene rings is 4. The van der Waals surface area contributed by atoms with Gasteiger partial charge in [-0.15, -0.1) is 0 Å². The summed E-state index contributed by atoms with van der Waals surface area (Å²) in [6.07, 6.45) is 0. The van der Waals surface area contributed by atoms with Crippen LogP contribution >= 0.6 is 0 Å². The van der Waals surface area contributed by atoms with Crippen LogP contribution in [0.15, 0.2) is 78.9 Å². The van der Waals surface area contributed by atoms with E-state index in [4.69, 9.17) is 10.5 Å². The largest absolute Gasteiger partial charge is 0.452 e. The fraction of sp³-hybridized carbons (Fsp3) is 0.0370. The van der Waals surface area contributed by atoms with Crippen molar-refractivity contribution < 1.29 is 23.9 Å². The van der Waals surface area contributed by atoms with Crippen LogP contribution < -0.4 is 11.1 Å². The minimum atomic E-state index is -0.868. The maximum absolute atomic E-state index is 13.0. The molecule has 7 heteroatoms. The third-order valence-electron chi connectivity index (χ3n) is 5.75. The number of esters is 1. The van der Waals surface area contributed by atoms with Crippen LogP contribution in [0.25, 0.3) is 10.8 Å². The first-order valence-corrected chi connectivity index (χ1v) is 10.5. The average Bonchev–Trinajstić information content (AvgIpc) is 2.86. The second-order valence-electron chi connectivity index (χ2n) is 7.80. The number of nitrogens with two attached hydrogens (primary N) is 1. The van der Waals surface area contributed by atoms with Crippen molar-refractivity contribution >= 4 is 45.6 Å². The van der Waals surface area contributed by atoms with Gasteiger partial charge in [0.05, 0.1) is 16.8 Å². The van der Waals surface area contributed by atoms with Gasteiger partial charge in [0.1, 0.15) is 0 Å². The number of carbonyl (C=O) groups excluding carboxylic acids is 4. The van der Waals surface area contributed by atoms with Gasteiger partial charge >= 0.3 is 5.97 Å². The van der Waals surface area contributed by atoms with Crippen molar-refractivity contribution in [2.75, 3.05) is 17.7 Å². The van der Waals surface area contributed by atoms with E-state index >= 15 is 0 Å². The van der Waals surface area contributed by atoms with Gasteiger partial charge in [0.2, 0.25) is 0 Å². The Morgan fingerprint density at radius 1 is 0.765 bits per heavy atom. The molecular weight excluding hydrogens is 432 g/mol. The van der Waals surface area contributed by atoms with E-state index in [0.29, 0.717) is 11.3 Å². The summed E-state index contributed by atoms with van der Waals surface area (Å²) in [5, 5.41) is 4.55. The Labute approximate surface area is 194 Å². The Morgan fingerprint density at radius 2 is 1.44 bits per heavy atom. The monoisotopic (exact) mass is 450 g/mol. The maximum Gasteiger partial charge on any atom is 0.340 e. The van der Waals surface area contributed by atoms with Crippen LogP contribution in [-0.4, -0.2) is 30.0 Å². The number of hydrogen-bond donors (Lipinski definition) is 2. The van der Waals surface area contributed by atoms with Crippen molar-refractivity contribution in [2.24, 2.45) is 0 Å². The number of nitrogen functional groups attached to an aromatic ring is 1. The summed E-state index contributed by atoms with van der Waals surface area (Å²) in [7, 11) is 0. The van der Waals surface area contributed by atoms with Crippen LogP contribution in [0.4, 0.5) is 11.4 Å². The van der Waals surface area contributed by atoms with Gasteiger partial charge in [-0.05, 0) is 23.6 Å². The second-order valence-corrected chi connectivity index (χ2v) is 7.80. The second kappa shape index (κ2) is 8.29. The quantitative estimate of drug-likeness (QED) is 0.316. The molecule has 0 heterocycles. The Kier molecular flexibility index (Phi) is 5.14. The molecule has 166 valence electrons. The Hall–Kier alpha value is -4.78. The minimum Gasteiger partial charge on any atom is -0.452 e. The van der Waals surface area contributed by atoms with Crippen LogP contribution in [0.1, 0.15) is 42.2 Å². The van der Waals surface area contributed by atoms with E-state index in [0.717, 1.165) is 10.8 Å². The third kappa shape index (κ3) is 3.49. The number of ether oxygens (including phenoxy) is 1. The molecule has 0 saturated carbocycles. The van der Waals surface area contributed by atoms with Gasteiger partial charge in [0.15, 0.2) is 18.2 Å². The first kappa shape index (κ1) is 21.1. The van der Waals surface area contributed by atoms with Crippen LogP contribution in [0.2, 0.25) is 0 Å². The van der Waals surface area contributed by atoms with Crippen molar-refractivity contribution in [3.63, 3.8) is 0 Å². The SMILES string of the molecule is Nc1c(C(=O)OCC(=O)Nc2cccc3ccccc23)ccc2c1C(=O)c1ccccc1C2=O. The average molecular weight is 450 g/mol. The van der Waals surface area contributed by atoms with E-state index in [1.165, 1.54) is 12.1 Å². The summed E-state index contributed by atoms with van der Waals surface area (Å²) in [6.45, 7) is -0.547. The van der Waals surface area contributed by atoms with E-state index in [1.807, 2.05) is 36.4 Å². The summed E-state index contributed by atoms with van der Waals surface area (Å²) in [6, 6.07) is 22.2. The molecule has 4 aromatic carbocycles. The molecule has 7 nitrogen and oxygen atoms in total. The van der Waals surface area contributed by atoms with E-state index in [2.05, 4.69) is 5.32 Å². The summed E-state index contributed by atoms with van der Waals surface area (Å²) in [5.74, 6) is -2.17. The first-order chi connectivity index (χ1) is 16.5. The van der Waals surface area contributed by atoms with Gasteiger partial charge in [-0.2, -0.15) is 0 Å². The standard InChI is InChI=1S/C27H18N2O5/c28-24-20(13-12-19-23(24)26(32)18-10-4-3-9-17(18)25(19)31)27(33)34-14-22(30)29-21-11-5-7-15-6-1-2-8-16(15)21/h1-13H,14,28H2,(H,29,30). The van der Waals surface area contributed by atoms with Crippen molar-refractivity contribution in [1.29, 1.82) is 0 Å². The lowest BCUT2D eigenvalue weighted by molar-refractivity contribution is -0.119. The lowest BCUT2D eigenvalue weighted by Gasteiger charge is -2.20. The Morgan fingerprint density at radius 3 is 2.24 bits per heavy atom. The predicted molar refractivity (Wildman–Crippen MR) is 127 cm³/mol. The molecule has 0 aliphatic heterocycles. The lowest BCUT2D eigenvalue weighted by Crippen LogP contribution is -2.25. The number of fused-ring (bicyclic) bond motifs is 3. The topological polar surface area (TPSA) is 116 Å². The number of amides is 1. The van der Waals surface area contributed by atoms with Crippen molar-refractivity contribution in [2.45, 2.75) is 0 Å². The predicted octanol–water partition coefficient (Wildman–Crippen LogP) is 3.99. The number of nitrogens with one attached hydrogen (secondary N) is 1. The molecule has 4 aromatic rings. The van der Waals surface area contributed by atoms with Crippen LogP contribution in [0, 0.1) is 0 Å². The molecule has 5 rings (SSSR count). The van der Waals surface area contributed by atoms with E-state index in [9.17, 15) is 19.2 Å². The van der Waals surface area contributed by atoms with Gasteiger partial charge in [-0.1, -0.05) is 60.7 Å². The molecule has 0 saturated heterocycles. The molecular formula is C27H18N2O5. The van der Waals surface area contributed by atoms with Crippen LogP contribution in [0.5, 0.6) is 0 Å². The molecule has 1 aliphatic rings. The van der Waals surface area contributed by atoms with Crippen LogP contribution in [0.3, 0.4) is 0 Å². The number of rotatable bonds is 4. The molecule has 0 fully saturated rings. The molecule has 0 unspecified atom stereocenters. The molecule has 0 spiro atoms. The zero-order chi connectivity index (χ0) is 23.8. The normalized spacial score (nSPS) is 12.1. The first-order valence-electron chi connectivity index (χ1n) is 10.5.